The molecular formula is C18H20N4O5. The van der Waals surface area contributed by atoms with Crippen LogP contribution in [0.5, 0.6) is 5.75 Å². The predicted molar refractivity (Wildman–Crippen MR) is 101 cm³/mol. The second kappa shape index (κ2) is 8.65. The average molecular weight is 372 g/mol. The van der Waals surface area contributed by atoms with Gasteiger partial charge in [-0.1, -0.05) is 0 Å². The van der Waals surface area contributed by atoms with Crippen LogP contribution >= 0.6 is 0 Å². The molecule has 0 aliphatic carbocycles. The summed E-state index contributed by atoms with van der Waals surface area (Å²) in [6, 6.07) is 10.7. The van der Waals surface area contributed by atoms with Crippen LogP contribution in [0.1, 0.15) is 16.8 Å². The lowest BCUT2D eigenvalue weighted by Gasteiger charge is -2.17. The number of hydrogen-bond donors (Lipinski definition) is 2. The number of rotatable bonds is 8. The first-order chi connectivity index (χ1) is 12.8. The Labute approximate surface area is 155 Å². The van der Waals surface area contributed by atoms with Gasteiger partial charge in [0.15, 0.2) is 0 Å². The van der Waals surface area contributed by atoms with Gasteiger partial charge in [-0.2, -0.15) is 0 Å². The number of benzene rings is 2. The molecule has 2 rings (SSSR count). The third-order valence-corrected chi connectivity index (χ3v) is 3.65. The van der Waals surface area contributed by atoms with Crippen LogP contribution in [-0.2, 0) is 4.79 Å². The lowest BCUT2D eigenvalue weighted by molar-refractivity contribution is -0.384. The van der Waals surface area contributed by atoms with E-state index < -0.39 is 16.7 Å². The Balaban J connectivity index is 2.13. The Morgan fingerprint density at radius 2 is 1.85 bits per heavy atom. The fraction of sp³-hybridized carbons (Fsp3) is 0.222. The zero-order valence-corrected chi connectivity index (χ0v) is 15.0. The summed E-state index contributed by atoms with van der Waals surface area (Å²) in [5.74, 6) is -0.393. The number of nitrogens with one attached hydrogen (secondary N) is 1. The van der Waals surface area contributed by atoms with Crippen molar-refractivity contribution >= 4 is 28.9 Å². The van der Waals surface area contributed by atoms with Crippen molar-refractivity contribution in [3.8, 4) is 5.75 Å². The Morgan fingerprint density at radius 1 is 1.19 bits per heavy atom. The number of ether oxygens (including phenoxy) is 1. The topological polar surface area (TPSA) is 128 Å². The van der Waals surface area contributed by atoms with Gasteiger partial charge in [-0.25, -0.2) is 0 Å². The van der Waals surface area contributed by atoms with Gasteiger partial charge < -0.3 is 20.7 Å². The lowest BCUT2D eigenvalue weighted by Crippen LogP contribution is -2.18. The summed E-state index contributed by atoms with van der Waals surface area (Å²) in [7, 11) is 3.49. The SMILES string of the molecule is CN(C)c1ccc([N+](=O)[O-])cc1C(=O)Nc1ccc(OCCC(N)=O)cc1. The van der Waals surface area contributed by atoms with Crippen LogP contribution in [0.3, 0.4) is 0 Å². The molecule has 0 aromatic heterocycles. The first-order valence-corrected chi connectivity index (χ1v) is 8.06. The molecule has 0 spiro atoms. The molecule has 3 N–H and O–H groups in total. The largest absolute Gasteiger partial charge is 0.493 e. The highest BCUT2D eigenvalue weighted by atomic mass is 16.6. The molecular weight excluding hydrogens is 352 g/mol. The number of nitrogens with zero attached hydrogens (tertiary/aromatic N) is 2. The fourth-order valence-electron chi connectivity index (χ4n) is 2.31. The van der Waals surface area contributed by atoms with Crippen molar-refractivity contribution in [1.82, 2.24) is 0 Å². The third-order valence-electron chi connectivity index (χ3n) is 3.65. The number of hydrogen-bond acceptors (Lipinski definition) is 6. The maximum Gasteiger partial charge on any atom is 0.270 e. The zero-order valence-electron chi connectivity index (χ0n) is 15.0. The van der Waals surface area contributed by atoms with Crippen molar-refractivity contribution in [3.05, 3.63) is 58.1 Å². The first kappa shape index (κ1) is 19.7. The van der Waals surface area contributed by atoms with Crippen molar-refractivity contribution in [2.45, 2.75) is 6.42 Å². The van der Waals surface area contributed by atoms with Crippen LogP contribution in [0, 0.1) is 10.1 Å². The molecule has 2 amide bonds. The Kier molecular flexibility index (Phi) is 6.32. The number of carbonyl (C=O) groups excluding carboxylic acids is 2. The number of nitro groups is 1. The fourth-order valence-corrected chi connectivity index (χ4v) is 2.31. The molecule has 27 heavy (non-hydrogen) atoms. The summed E-state index contributed by atoms with van der Waals surface area (Å²) >= 11 is 0. The van der Waals surface area contributed by atoms with Gasteiger partial charge in [-0.3, -0.25) is 19.7 Å². The third kappa shape index (κ3) is 5.43. The molecule has 9 heteroatoms. The van der Waals surface area contributed by atoms with E-state index in [1.807, 2.05) is 0 Å². The summed E-state index contributed by atoms with van der Waals surface area (Å²) in [5.41, 5.74) is 6.13. The minimum atomic E-state index is -0.547. The van der Waals surface area contributed by atoms with Gasteiger partial charge in [-0.15, -0.1) is 0 Å². The summed E-state index contributed by atoms with van der Waals surface area (Å²) in [4.78, 5) is 35.4. The highest BCUT2D eigenvalue weighted by Gasteiger charge is 2.18. The average Bonchev–Trinajstić information content (AvgIpc) is 2.62. The Morgan fingerprint density at radius 3 is 2.41 bits per heavy atom. The van der Waals surface area contributed by atoms with E-state index in [0.717, 1.165) is 0 Å². The molecule has 0 aliphatic rings. The standard InChI is InChI=1S/C18H20N4O5/c1-21(2)16-8-5-13(22(25)26)11-15(16)18(24)20-12-3-6-14(7-4-12)27-10-9-17(19)23/h3-8,11H,9-10H2,1-2H3,(H2,19,23)(H,20,24). The molecule has 0 fully saturated rings. The van der Waals surface area contributed by atoms with Crippen LogP contribution in [0.2, 0.25) is 0 Å². The van der Waals surface area contributed by atoms with Crippen molar-refractivity contribution in [3.63, 3.8) is 0 Å². The van der Waals surface area contributed by atoms with Crippen molar-refractivity contribution < 1.29 is 19.2 Å². The van der Waals surface area contributed by atoms with E-state index in [2.05, 4.69) is 5.32 Å². The number of primary amides is 1. The van der Waals surface area contributed by atoms with E-state index in [-0.39, 0.29) is 24.3 Å². The minimum absolute atomic E-state index is 0.110. The highest BCUT2D eigenvalue weighted by Crippen LogP contribution is 2.25. The zero-order chi connectivity index (χ0) is 20.0. The van der Waals surface area contributed by atoms with Gasteiger partial charge in [0, 0.05) is 37.6 Å². The van der Waals surface area contributed by atoms with Gasteiger partial charge in [0.1, 0.15) is 5.75 Å². The van der Waals surface area contributed by atoms with Gasteiger partial charge in [-0.05, 0) is 30.3 Å². The van der Waals surface area contributed by atoms with Gasteiger partial charge >= 0.3 is 0 Å². The van der Waals surface area contributed by atoms with Gasteiger partial charge in [0.25, 0.3) is 11.6 Å². The summed E-state index contributed by atoms with van der Waals surface area (Å²) < 4.78 is 5.36. The Bertz CT molecular complexity index is 849. The van der Waals surface area contributed by atoms with Gasteiger partial charge in [0.2, 0.25) is 5.91 Å². The summed E-state index contributed by atoms with van der Waals surface area (Å²) in [6.45, 7) is 0.168. The number of nitro benzene ring substituents is 1. The second-order valence-corrected chi connectivity index (χ2v) is 5.90. The number of nitrogens with two attached hydrogens (primary N) is 1. The van der Waals surface area contributed by atoms with Crippen molar-refractivity contribution in [1.29, 1.82) is 0 Å². The molecule has 0 unspecified atom stereocenters. The molecule has 0 saturated heterocycles. The molecule has 0 saturated carbocycles. The molecule has 2 aromatic carbocycles. The smallest absolute Gasteiger partial charge is 0.270 e. The molecule has 2 aromatic rings. The van der Waals surface area contributed by atoms with E-state index in [9.17, 15) is 19.7 Å². The molecule has 9 nitrogen and oxygen atoms in total. The second-order valence-electron chi connectivity index (χ2n) is 5.90. The molecule has 0 radical (unpaired) electrons. The van der Waals surface area contributed by atoms with Crippen LogP contribution in [0.25, 0.3) is 0 Å². The normalized spacial score (nSPS) is 10.1. The van der Waals surface area contributed by atoms with Crippen LogP contribution in [0.4, 0.5) is 17.1 Å². The Hall–Kier alpha value is -3.62. The first-order valence-electron chi connectivity index (χ1n) is 8.06. The van der Waals surface area contributed by atoms with Crippen molar-refractivity contribution in [2.24, 2.45) is 5.73 Å². The highest BCUT2D eigenvalue weighted by molar-refractivity contribution is 6.08. The van der Waals surface area contributed by atoms with Crippen LogP contribution < -0.4 is 20.7 Å². The number of non-ortho nitro benzene ring substituents is 1. The van der Waals surface area contributed by atoms with Crippen LogP contribution in [0.15, 0.2) is 42.5 Å². The van der Waals surface area contributed by atoms with E-state index in [0.29, 0.717) is 17.1 Å². The van der Waals surface area contributed by atoms with Gasteiger partial charge in [0.05, 0.1) is 23.5 Å². The maximum absolute atomic E-state index is 12.6. The number of anilines is 2. The van der Waals surface area contributed by atoms with Crippen molar-refractivity contribution in [2.75, 3.05) is 30.9 Å². The molecule has 0 aliphatic heterocycles. The van der Waals surface area contributed by atoms with E-state index >= 15 is 0 Å². The minimum Gasteiger partial charge on any atom is -0.493 e. The van der Waals surface area contributed by atoms with Crippen LogP contribution in [-0.4, -0.2) is 37.4 Å². The number of amides is 2. The quantitative estimate of drug-likeness (QED) is 0.540. The monoisotopic (exact) mass is 372 g/mol. The molecule has 0 heterocycles. The van der Waals surface area contributed by atoms with E-state index in [4.69, 9.17) is 10.5 Å². The predicted octanol–water partition coefficient (Wildman–Crippen LogP) is 2.17. The molecule has 0 atom stereocenters. The summed E-state index contributed by atoms with van der Waals surface area (Å²) in [6.07, 6.45) is 0.110. The lowest BCUT2D eigenvalue weighted by atomic mass is 10.1. The van der Waals surface area contributed by atoms with E-state index in [1.54, 1.807) is 43.3 Å². The summed E-state index contributed by atoms with van der Waals surface area (Å²) in [5, 5.41) is 13.7. The molecule has 142 valence electrons. The van der Waals surface area contributed by atoms with E-state index in [1.165, 1.54) is 18.2 Å². The molecule has 0 bridgehead atoms. The maximum atomic E-state index is 12.6. The number of carbonyl (C=O) groups is 2.